The number of nitriles is 1. The molecule has 1 heterocycles. The predicted molar refractivity (Wildman–Crippen MR) is 75.0 cm³/mol. The van der Waals surface area contributed by atoms with Crippen molar-refractivity contribution in [2.45, 2.75) is 19.8 Å². The van der Waals surface area contributed by atoms with Crippen molar-refractivity contribution in [2.75, 3.05) is 7.11 Å². The Morgan fingerprint density at radius 2 is 2.00 bits per heavy atom. The van der Waals surface area contributed by atoms with Crippen LogP contribution < -0.4 is 4.74 Å². The second-order valence-electron chi connectivity index (χ2n) is 4.72. The third-order valence-electron chi connectivity index (χ3n) is 3.10. The van der Waals surface area contributed by atoms with Crippen LogP contribution in [0.2, 0.25) is 0 Å². The summed E-state index contributed by atoms with van der Waals surface area (Å²) < 4.78 is 19.4. The fraction of sp³-hybridized carbons (Fsp3) is 0.250. The molecule has 0 fully saturated rings. The van der Waals surface area contributed by atoms with Crippen LogP contribution in [-0.4, -0.2) is 12.1 Å². The van der Waals surface area contributed by atoms with Crippen LogP contribution in [-0.2, 0) is 0 Å². The molecular weight excluding hydrogens is 255 g/mol. The summed E-state index contributed by atoms with van der Waals surface area (Å²) in [5.74, 6) is 0.165. The van der Waals surface area contributed by atoms with Crippen LogP contribution in [0.15, 0.2) is 30.3 Å². The average molecular weight is 270 g/mol. The number of nitrogens with zero attached hydrogens (tertiary/aromatic N) is 2. The molecule has 2 rings (SSSR count). The monoisotopic (exact) mass is 270 g/mol. The number of aromatic nitrogens is 1. The smallest absolute Gasteiger partial charge is 0.141 e. The molecule has 0 atom stereocenters. The number of ether oxygens (including phenoxy) is 1. The third kappa shape index (κ3) is 2.48. The second kappa shape index (κ2) is 5.70. The van der Waals surface area contributed by atoms with Crippen molar-refractivity contribution in [3.63, 3.8) is 0 Å². The molecule has 1 aromatic carbocycles. The first kappa shape index (κ1) is 14.0. The molecule has 0 saturated carbocycles. The first-order chi connectivity index (χ1) is 9.58. The maximum absolute atomic E-state index is 14.2. The van der Waals surface area contributed by atoms with Gasteiger partial charge in [-0.05, 0) is 29.7 Å². The molecule has 0 bridgehead atoms. The molecule has 0 N–H and O–H groups in total. The Morgan fingerprint density at radius 1 is 1.25 bits per heavy atom. The van der Waals surface area contributed by atoms with Crippen molar-refractivity contribution in [3.8, 4) is 23.1 Å². The Morgan fingerprint density at radius 3 is 2.60 bits per heavy atom. The highest BCUT2D eigenvalue weighted by molar-refractivity contribution is 5.71. The number of hydrogen-bond donors (Lipinski definition) is 0. The van der Waals surface area contributed by atoms with Crippen LogP contribution in [0.5, 0.6) is 5.75 Å². The Bertz CT molecular complexity index is 675. The van der Waals surface area contributed by atoms with E-state index >= 15 is 0 Å². The number of hydrogen-bond acceptors (Lipinski definition) is 3. The minimum absolute atomic E-state index is 0.162. The van der Waals surface area contributed by atoms with Gasteiger partial charge in [-0.1, -0.05) is 26.0 Å². The van der Waals surface area contributed by atoms with Gasteiger partial charge in [0.25, 0.3) is 0 Å². The molecule has 0 saturated heterocycles. The maximum Gasteiger partial charge on any atom is 0.141 e. The van der Waals surface area contributed by atoms with Gasteiger partial charge in [0.1, 0.15) is 23.3 Å². The van der Waals surface area contributed by atoms with E-state index in [0.717, 1.165) is 5.56 Å². The molecule has 4 heteroatoms. The fourth-order valence-corrected chi connectivity index (χ4v) is 2.10. The summed E-state index contributed by atoms with van der Waals surface area (Å²) in [6.07, 6.45) is 0. The van der Waals surface area contributed by atoms with Crippen molar-refractivity contribution in [2.24, 2.45) is 0 Å². The topological polar surface area (TPSA) is 45.9 Å². The lowest BCUT2D eigenvalue weighted by molar-refractivity contribution is 0.413. The SMILES string of the molecule is COc1cccc(F)c1-c1nc(C#N)ccc1C(C)C. The van der Waals surface area contributed by atoms with Gasteiger partial charge in [-0.3, -0.25) is 0 Å². The van der Waals surface area contributed by atoms with E-state index in [1.165, 1.54) is 13.2 Å². The van der Waals surface area contributed by atoms with Gasteiger partial charge in [0, 0.05) is 0 Å². The van der Waals surface area contributed by atoms with Crippen LogP contribution in [0.3, 0.4) is 0 Å². The fourth-order valence-electron chi connectivity index (χ4n) is 2.10. The minimum Gasteiger partial charge on any atom is -0.496 e. The van der Waals surface area contributed by atoms with Gasteiger partial charge in [0.15, 0.2) is 0 Å². The normalized spacial score (nSPS) is 10.4. The molecule has 20 heavy (non-hydrogen) atoms. The Labute approximate surface area is 117 Å². The van der Waals surface area contributed by atoms with Gasteiger partial charge in [-0.15, -0.1) is 0 Å². The quantitative estimate of drug-likeness (QED) is 0.850. The molecule has 0 aliphatic heterocycles. The average Bonchev–Trinajstić information content (AvgIpc) is 2.46. The highest BCUT2D eigenvalue weighted by Crippen LogP contribution is 2.36. The number of benzene rings is 1. The molecular formula is C16H15FN2O. The number of halogens is 1. The van der Waals surface area contributed by atoms with Crippen LogP contribution in [0.25, 0.3) is 11.3 Å². The molecule has 2 aromatic rings. The van der Waals surface area contributed by atoms with Crippen molar-refractivity contribution in [1.29, 1.82) is 5.26 Å². The van der Waals surface area contributed by atoms with Crippen LogP contribution in [0.4, 0.5) is 4.39 Å². The highest BCUT2D eigenvalue weighted by atomic mass is 19.1. The summed E-state index contributed by atoms with van der Waals surface area (Å²) in [6, 6.07) is 10.1. The van der Waals surface area contributed by atoms with E-state index in [4.69, 9.17) is 10.00 Å². The van der Waals surface area contributed by atoms with E-state index in [0.29, 0.717) is 17.0 Å². The van der Waals surface area contributed by atoms with Crippen LogP contribution in [0, 0.1) is 17.1 Å². The van der Waals surface area contributed by atoms with E-state index in [1.54, 1.807) is 18.2 Å². The maximum atomic E-state index is 14.2. The summed E-state index contributed by atoms with van der Waals surface area (Å²) in [4.78, 5) is 4.27. The molecule has 0 amide bonds. The molecule has 0 spiro atoms. The first-order valence-corrected chi connectivity index (χ1v) is 6.32. The van der Waals surface area contributed by atoms with E-state index in [2.05, 4.69) is 4.98 Å². The summed E-state index contributed by atoms with van der Waals surface area (Å²) in [6.45, 7) is 4.00. The standard InChI is InChI=1S/C16H15FN2O/c1-10(2)12-8-7-11(9-18)19-16(12)15-13(17)5-4-6-14(15)20-3/h4-8,10H,1-3H3. The van der Waals surface area contributed by atoms with E-state index in [1.807, 2.05) is 26.0 Å². The Kier molecular flexibility index (Phi) is 3.99. The van der Waals surface area contributed by atoms with Crippen molar-refractivity contribution in [1.82, 2.24) is 4.98 Å². The van der Waals surface area contributed by atoms with E-state index in [9.17, 15) is 4.39 Å². The summed E-state index contributed by atoms with van der Waals surface area (Å²) in [7, 11) is 1.49. The summed E-state index contributed by atoms with van der Waals surface area (Å²) in [5, 5.41) is 9.00. The largest absolute Gasteiger partial charge is 0.496 e. The van der Waals surface area contributed by atoms with Crippen LogP contribution in [0.1, 0.15) is 31.0 Å². The van der Waals surface area contributed by atoms with E-state index < -0.39 is 5.82 Å². The summed E-state index contributed by atoms with van der Waals surface area (Å²) >= 11 is 0. The number of pyridine rings is 1. The zero-order valence-electron chi connectivity index (χ0n) is 11.6. The number of methoxy groups -OCH3 is 1. The van der Waals surface area contributed by atoms with Gasteiger partial charge in [-0.25, -0.2) is 9.37 Å². The second-order valence-corrected chi connectivity index (χ2v) is 4.72. The molecule has 3 nitrogen and oxygen atoms in total. The highest BCUT2D eigenvalue weighted by Gasteiger charge is 2.18. The van der Waals surface area contributed by atoms with Crippen LogP contribution >= 0.6 is 0 Å². The number of rotatable bonds is 3. The lowest BCUT2D eigenvalue weighted by atomic mass is 9.96. The Hall–Kier alpha value is -2.41. The third-order valence-corrected chi connectivity index (χ3v) is 3.10. The molecule has 0 aliphatic carbocycles. The van der Waals surface area contributed by atoms with Gasteiger partial charge >= 0.3 is 0 Å². The summed E-state index contributed by atoms with van der Waals surface area (Å²) in [5.41, 5.74) is 1.91. The molecule has 1 aromatic heterocycles. The zero-order chi connectivity index (χ0) is 14.7. The lowest BCUT2D eigenvalue weighted by Crippen LogP contribution is -2.01. The first-order valence-electron chi connectivity index (χ1n) is 6.32. The van der Waals surface area contributed by atoms with Gasteiger partial charge in [0.05, 0.1) is 18.4 Å². The Balaban J connectivity index is 2.77. The molecule has 0 radical (unpaired) electrons. The van der Waals surface area contributed by atoms with Gasteiger partial charge < -0.3 is 4.74 Å². The zero-order valence-corrected chi connectivity index (χ0v) is 11.6. The minimum atomic E-state index is -0.408. The van der Waals surface area contributed by atoms with Gasteiger partial charge in [-0.2, -0.15) is 5.26 Å². The molecule has 0 unspecified atom stereocenters. The van der Waals surface area contributed by atoms with Gasteiger partial charge in [0.2, 0.25) is 0 Å². The van der Waals surface area contributed by atoms with Crippen molar-refractivity contribution < 1.29 is 9.13 Å². The van der Waals surface area contributed by atoms with Crippen molar-refractivity contribution >= 4 is 0 Å². The van der Waals surface area contributed by atoms with Crippen molar-refractivity contribution in [3.05, 3.63) is 47.4 Å². The predicted octanol–water partition coefficient (Wildman–Crippen LogP) is 3.89. The molecule has 0 aliphatic rings. The molecule has 102 valence electrons. The lowest BCUT2D eigenvalue weighted by Gasteiger charge is -2.15. The van der Waals surface area contributed by atoms with E-state index in [-0.39, 0.29) is 11.6 Å².